The highest BCUT2D eigenvalue weighted by Crippen LogP contribution is 2.42. The van der Waals surface area contributed by atoms with E-state index in [9.17, 15) is 19.8 Å². The van der Waals surface area contributed by atoms with Crippen LogP contribution in [0.5, 0.6) is 0 Å². The Morgan fingerprint density at radius 3 is 2.13 bits per heavy atom. The Kier molecular flexibility index (Phi) is 8.55. The van der Waals surface area contributed by atoms with Crippen LogP contribution in [-0.2, 0) is 22.6 Å². The Balaban J connectivity index is 1.10. The number of aliphatic hydroxyl groups excluding tert-OH is 2. The van der Waals surface area contributed by atoms with Gasteiger partial charge in [0.25, 0.3) is 11.8 Å². The van der Waals surface area contributed by atoms with E-state index in [1.165, 1.54) is 4.90 Å². The van der Waals surface area contributed by atoms with E-state index in [4.69, 9.17) is 9.47 Å². The maximum Gasteiger partial charge on any atom is 0.261 e. The average molecular weight is 619 g/mol. The van der Waals surface area contributed by atoms with Crippen LogP contribution in [0.3, 0.4) is 0 Å². The lowest BCUT2D eigenvalue weighted by Crippen LogP contribution is -2.44. The monoisotopic (exact) mass is 618 g/mol. The molecule has 7 rings (SSSR count). The zero-order chi connectivity index (χ0) is 31.8. The van der Waals surface area contributed by atoms with Crippen molar-refractivity contribution in [3.05, 3.63) is 130 Å². The fraction of sp³-hybridized carbons (Fsp3) is 0.316. The topological polar surface area (TPSA) is 99.5 Å². The number of imide groups is 1. The molecule has 0 bridgehead atoms. The first-order chi connectivity index (χ1) is 22.4. The van der Waals surface area contributed by atoms with Gasteiger partial charge >= 0.3 is 0 Å². The van der Waals surface area contributed by atoms with Crippen molar-refractivity contribution in [2.24, 2.45) is 5.92 Å². The minimum Gasteiger partial charge on any atom is -0.392 e. The molecule has 5 atom stereocenters. The molecule has 2 fully saturated rings. The van der Waals surface area contributed by atoms with E-state index in [1.807, 2.05) is 72.8 Å². The summed E-state index contributed by atoms with van der Waals surface area (Å²) in [5, 5.41) is 19.6. The average Bonchev–Trinajstić information content (AvgIpc) is 3.61. The summed E-state index contributed by atoms with van der Waals surface area (Å²) in [6.45, 7) is 4.54. The lowest BCUT2D eigenvalue weighted by Gasteiger charge is -2.42. The number of aliphatic hydroxyl groups is 2. The smallest absolute Gasteiger partial charge is 0.261 e. The number of hydrogen-bond acceptors (Lipinski definition) is 7. The van der Waals surface area contributed by atoms with Gasteiger partial charge in [-0.25, -0.2) is 0 Å². The van der Waals surface area contributed by atoms with Crippen LogP contribution >= 0.6 is 0 Å². The van der Waals surface area contributed by atoms with Gasteiger partial charge in [-0.05, 0) is 52.4 Å². The highest BCUT2D eigenvalue weighted by molar-refractivity contribution is 6.21. The van der Waals surface area contributed by atoms with Crippen molar-refractivity contribution >= 4 is 11.8 Å². The van der Waals surface area contributed by atoms with Gasteiger partial charge in [0.2, 0.25) is 0 Å². The lowest BCUT2D eigenvalue weighted by molar-refractivity contribution is -0.276. The standard InChI is InChI=1S/C38H38N2O6/c1-24-34(22-39-18-17-31(42)21-39)45-38(46-35(24)28-11-9-25(23-41)10-12-28)29-15-13-27(14-16-29)30-6-4-5-26(19-30)20-40-36(43)32-7-2-3-8-33(32)37(40)44/h2-16,19,24,31,34-35,38,41-42H,17-18,20-23H2,1H3. The number of ether oxygens (including phenoxy) is 2. The largest absolute Gasteiger partial charge is 0.392 e. The SMILES string of the molecule is CC1C(CN2CCC(O)C2)OC(c2ccc(-c3cccc(CN4C(=O)c5ccccc5C4=O)c3)cc2)OC1c1ccc(CO)cc1. The molecule has 4 aromatic carbocycles. The quantitative estimate of drug-likeness (QED) is 0.252. The van der Waals surface area contributed by atoms with Crippen molar-refractivity contribution in [1.82, 2.24) is 9.80 Å². The third kappa shape index (κ3) is 6.02. The molecule has 3 heterocycles. The Labute approximate surface area is 268 Å². The van der Waals surface area contributed by atoms with Gasteiger partial charge in [0.15, 0.2) is 6.29 Å². The van der Waals surface area contributed by atoms with Crippen molar-refractivity contribution in [3.63, 3.8) is 0 Å². The first-order valence-corrected chi connectivity index (χ1v) is 15.9. The van der Waals surface area contributed by atoms with Gasteiger partial charge in [-0.2, -0.15) is 0 Å². The maximum atomic E-state index is 12.9. The van der Waals surface area contributed by atoms with E-state index in [2.05, 4.69) is 11.8 Å². The van der Waals surface area contributed by atoms with Crippen LogP contribution in [0.25, 0.3) is 11.1 Å². The van der Waals surface area contributed by atoms with Crippen LogP contribution in [0.1, 0.15) is 68.7 Å². The Morgan fingerprint density at radius 2 is 1.48 bits per heavy atom. The number of amides is 2. The van der Waals surface area contributed by atoms with Crippen LogP contribution in [-0.4, -0.2) is 63.7 Å². The molecule has 46 heavy (non-hydrogen) atoms. The summed E-state index contributed by atoms with van der Waals surface area (Å²) in [7, 11) is 0. The highest BCUT2D eigenvalue weighted by atomic mass is 16.7. The number of fused-ring (bicyclic) bond motifs is 1. The maximum absolute atomic E-state index is 12.9. The van der Waals surface area contributed by atoms with Crippen molar-refractivity contribution in [2.75, 3.05) is 19.6 Å². The molecule has 0 aliphatic carbocycles. The molecule has 5 unspecified atom stereocenters. The zero-order valence-electron chi connectivity index (χ0n) is 25.8. The van der Waals surface area contributed by atoms with Crippen LogP contribution in [0.15, 0.2) is 97.1 Å². The number of carbonyl (C=O) groups excluding carboxylic acids is 2. The lowest BCUT2D eigenvalue weighted by atomic mass is 9.90. The molecule has 8 heteroatoms. The minimum absolute atomic E-state index is 0.00890. The van der Waals surface area contributed by atoms with Crippen LogP contribution in [0, 0.1) is 5.92 Å². The summed E-state index contributed by atoms with van der Waals surface area (Å²) >= 11 is 0. The summed E-state index contributed by atoms with van der Waals surface area (Å²) in [5.41, 5.74) is 6.54. The molecule has 8 nitrogen and oxygen atoms in total. The van der Waals surface area contributed by atoms with Gasteiger partial charge in [-0.1, -0.05) is 85.8 Å². The van der Waals surface area contributed by atoms with Gasteiger partial charge in [0.1, 0.15) is 0 Å². The van der Waals surface area contributed by atoms with Gasteiger partial charge in [-0.15, -0.1) is 0 Å². The molecule has 2 N–H and O–H groups in total. The second-order valence-corrected chi connectivity index (χ2v) is 12.6. The third-order valence-electron chi connectivity index (χ3n) is 9.47. The van der Waals surface area contributed by atoms with Crippen molar-refractivity contribution < 1.29 is 29.3 Å². The molecule has 2 amide bonds. The summed E-state index contributed by atoms with van der Waals surface area (Å²) < 4.78 is 13.2. The fourth-order valence-electron chi connectivity index (χ4n) is 6.81. The third-order valence-corrected chi connectivity index (χ3v) is 9.47. The normalized spacial score (nSPS) is 24.8. The highest BCUT2D eigenvalue weighted by Gasteiger charge is 2.40. The number of benzene rings is 4. The number of β-amino-alcohol motifs (C(OH)–C–C–N with tert-alkyl or cyclic N) is 1. The number of likely N-dealkylation sites (tertiary alicyclic amines) is 1. The molecule has 0 aromatic heterocycles. The molecule has 0 spiro atoms. The first kappa shape index (κ1) is 30.5. The Hall–Kier alpha value is -4.18. The molecule has 3 aliphatic rings. The summed E-state index contributed by atoms with van der Waals surface area (Å²) in [5.74, 6) is -0.462. The molecule has 4 aromatic rings. The van der Waals surface area contributed by atoms with E-state index in [0.29, 0.717) is 24.2 Å². The van der Waals surface area contributed by atoms with Crippen molar-refractivity contribution in [1.29, 1.82) is 0 Å². The van der Waals surface area contributed by atoms with E-state index >= 15 is 0 Å². The molecular weight excluding hydrogens is 580 g/mol. The molecule has 0 saturated carbocycles. The second-order valence-electron chi connectivity index (χ2n) is 12.6. The number of hydrogen-bond donors (Lipinski definition) is 2. The Bertz CT molecular complexity index is 1690. The zero-order valence-corrected chi connectivity index (χ0v) is 25.8. The van der Waals surface area contributed by atoms with Crippen molar-refractivity contribution in [2.45, 2.75) is 51.1 Å². The Morgan fingerprint density at radius 1 is 0.783 bits per heavy atom. The summed E-state index contributed by atoms with van der Waals surface area (Å²) in [4.78, 5) is 29.4. The second kappa shape index (κ2) is 12.9. The van der Waals surface area contributed by atoms with Crippen molar-refractivity contribution in [3.8, 4) is 11.1 Å². The van der Waals surface area contributed by atoms with E-state index in [-0.39, 0.29) is 49.2 Å². The summed E-state index contributed by atoms with van der Waals surface area (Å²) in [6.07, 6.45) is -0.418. The molecule has 3 aliphatic heterocycles. The predicted molar refractivity (Wildman–Crippen MR) is 173 cm³/mol. The molecule has 0 radical (unpaired) electrons. The first-order valence-electron chi connectivity index (χ1n) is 15.9. The van der Waals surface area contributed by atoms with Crippen LogP contribution in [0.4, 0.5) is 0 Å². The predicted octanol–water partition coefficient (Wildman–Crippen LogP) is 5.50. The summed E-state index contributed by atoms with van der Waals surface area (Å²) in [6, 6.07) is 30.9. The fourth-order valence-corrected chi connectivity index (χ4v) is 6.81. The molecule has 236 valence electrons. The number of rotatable bonds is 8. The van der Waals surface area contributed by atoms with Crippen LogP contribution in [0.2, 0.25) is 0 Å². The molecular formula is C38H38N2O6. The molecule has 2 saturated heterocycles. The number of nitrogens with zero attached hydrogens (tertiary/aromatic N) is 2. The van der Waals surface area contributed by atoms with E-state index in [0.717, 1.165) is 46.3 Å². The minimum atomic E-state index is -0.578. The van der Waals surface area contributed by atoms with Gasteiger partial charge in [0, 0.05) is 31.1 Å². The van der Waals surface area contributed by atoms with E-state index < -0.39 is 6.29 Å². The van der Waals surface area contributed by atoms with Gasteiger partial charge in [0.05, 0.1) is 42.6 Å². The van der Waals surface area contributed by atoms with E-state index in [1.54, 1.807) is 24.3 Å². The van der Waals surface area contributed by atoms with Crippen LogP contribution < -0.4 is 0 Å². The van der Waals surface area contributed by atoms with Gasteiger partial charge in [-0.3, -0.25) is 19.4 Å². The van der Waals surface area contributed by atoms with Gasteiger partial charge < -0.3 is 19.7 Å². The number of carbonyl (C=O) groups is 2.